The number of Topliss-reactive ketones (excluding diaryl/α,β-unsaturated/α-hetero) is 2. The van der Waals surface area contributed by atoms with E-state index in [1.807, 2.05) is 71.8 Å². The monoisotopic (exact) mass is 546 g/mol. The van der Waals surface area contributed by atoms with E-state index in [4.69, 9.17) is 4.74 Å². The van der Waals surface area contributed by atoms with Crippen LogP contribution in [0.5, 0.6) is 5.75 Å². The highest BCUT2D eigenvalue weighted by atomic mass is 32.1. The van der Waals surface area contributed by atoms with Crippen molar-refractivity contribution in [2.45, 2.75) is 24.4 Å². The number of anilines is 2. The van der Waals surface area contributed by atoms with E-state index in [1.54, 1.807) is 37.4 Å². The van der Waals surface area contributed by atoms with Crippen LogP contribution in [0.4, 0.5) is 11.4 Å². The maximum atomic E-state index is 14.7. The minimum absolute atomic E-state index is 0.202. The molecule has 1 N–H and O–H groups in total. The molecule has 6 nitrogen and oxygen atoms in total. The van der Waals surface area contributed by atoms with Gasteiger partial charge in [0.25, 0.3) is 0 Å². The van der Waals surface area contributed by atoms with Crippen LogP contribution in [0.15, 0.2) is 96.4 Å². The van der Waals surface area contributed by atoms with Gasteiger partial charge < -0.3 is 15.0 Å². The summed E-state index contributed by atoms with van der Waals surface area (Å²) in [4.78, 5) is 46.2. The van der Waals surface area contributed by atoms with Gasteiger partial charge in [-0.1, -0.05) is 48.5 Å². The number of nitrogens with zero attached hydrogens (tertiary/aromatic N) is 1. The van der Waals surface area contributed by atoms with Gasteiger partial charge in [-0.3, -0.25) is 14.4 Å². The lowest BCUT2D eigenvalue weighted by atomic mass is 9.64. The first-order chi connectivity index (χ1) is 19.5. The molecule has 1 saturated heterocycles. The van der Waals surface area contributed by atoms with Crippen LogP contribution in [-0.4, -0.2) is 36.7 Å². The number of rotatable bonds is 5. The molecule has 0 bridgehead atoms. The second-order valence-corrected chi connectivity index (χ2v) is 11.4. The van der Waals surface area contributed by atoms with Crippen LogP contribution in [0.2, 0.25) is 0 Å². The summed E-state index contributed by atoms with van der Waals surface area (Å²) in [5, 5.41) is 4.93. The number of carbonyl (C=O) groups is 3. The predicted molar refractivity (Wildman–Crippen MR) is 156 cm³/mol. The number of para-hydroxylation sites is 2. The molecule has 1 spiro atoms. The van der Waals surface area contributed by atoms with Crippen LogP contribution in [0.25, 0.3) is 5.57 Å². The largest absolute Gasteiger partial charge is 0.497 e. The van der Waals surface area contributed by atoms with E-state index in [1.165, 1.54) is 11.3 Å². The van der Waals surface area contributed by atoms with Gasteiger partial charge in [0, 0.05) is 22.5 Å². The van der Waals surface area contributed by atoms with Crippen molar-refractivity contribution in [2.24, 2.45) is 5.92 Å². The number of ether oxygens (including phenoxy) is 1. The molecule has 4 atom stereocenters. The van der Waals surface area contributed by atoms with Crippen molar-refractivity contribution in [3.05, 3.63) is 118 Å². The fourth-order valence-electron chi connectivity index (χ4n) is 6.89. The third kappa shape index (κ3) is 3.24. The molecule has 7 heteroatoms. The van der Waals surface area contributed by atoms with E-state index in [0.717, 1.165) is 22.4 Å². The number of hydrogen-bond acceptors (Lipinski definition) is 6. The van der Waals surface area contributed by atoms with Crippen LogP contribution in [0, 0.1) is 5.92 Å². The van der Waals surface area contributed by atoms with Crippen LogP contribution in [-0.2, 0) is 10.2 Å². The molecule has 40 heavy (non-hydrogen) atoms. The Morgan fingerprint density at radius 2 is 1.68 bits per heavy atom. The van der Waals surface area contributed by atoms with Crippen LogP contribution >= 0.6 is 11.3 Å². The normalized spacial score (nSPS) is 24.1. The van der Waals surface area contributed by atoms with Gasteiger partial charge in [0.05, 0.1) is 23.9 Å². The summed E-state index contributed by atoms with van der Waals surface area (Å²) in [5.41, 5.74) is 3.42. The summed E-state index contributed by atoms with van der Waals surface area (Å²) in [7, 11) is 1.58. The Kier molecular flexibility index (Phi) is 5.54. The van der Waals surface area contributed by atoms with Gasteiger partial charge in [0.15, 0.2) is 11.6 Å². The Morgan fingerprint density at radius 1 is 0.925 bits per heavy atom. The summed E-state index contributed by atoms with van der Waals surface area (Å²) in [6.45, 7) is 2.03. The van der Waals surface area contributed by atoms with Gasteiger partial charge in [-0.15, -0.1) is 11.3 Å². The zero-order chi connectivity index (χ0) is 27.6. The van der Waals surface area contributed by atoms with Crippen LogP contribution < -0.4 is 15.0 Å². The number of benzene rings is 3. The topological polar surface area (TPSA) is 75.7 Å². The number of nitrogens with one attached hydrogen (secondary N) is 1. The molecular formula is C33H26N2O4S. The van der Waals surface area contributed by atoms with E-state index in [2.05, 4.69) is 11.4 Å². The van der Waals surface area contributed by atoms with Crippen molar-refractivity contribution in [1.82, 2.24) is 0 Å². The molecule has 4 aromatic rings. The lowest BCUT2D eigenvalue weighted by molar-refractivity contribution is -0.121. The third-order valence-electron chi connectivity index (χ3n) is 8.57. The summed E-state index contributed by atoms with van der Waals surface area (Å²) >= 11 is 1.33. The van der Waals surface area contributed by atoms with Gasteiger partial charge in [0.1, 0.15) is 17.2 Å². The number of fused-ring (bicyclic) bond motifs is 6. The molecule has 1 fully saturated rings. The third-order valence-corrected chi connectivity index (χ3v) is 9.46. The molecule has 0 aliphatic carbocycles. The molecule has 3 aliphatic heterocycles. The van der Waals surface area contributed by atoms with Crippen LogP contribution in [0.3, 0.4) is 0 Å². The molecule has 3 aliphatic rings. The summed E-state index contributed by atoms with van der Waals surface area (Å²) in [6, 6.07) is 24.6. The van der Waals surface area contributed by atoms with Gasteiger partial charge in [-0.2, -0.15) is 0 Å². The minimum atomic E-state index is -1.31. The zero-order valence-corrected chi connectivity index (χ0v) is 22.8. The molecule has 198 valence electrons. The second kappa shape index (κ2) is 9.03. The van der Waals surface area contributed by atoms with E-state index in [9.17, 15) is 14.4 Å². The molecular weight excluding hydrogens is 520 g/mol. The highest BCUT2D eigenvalue weighted by Crippen LogP contribution is 2.59. The summed E-state index contributed by atoms with van der Waals surface area (Å²) < 4.78 is 5.32. The van der Waals surface area contributed by atoms with Gasteiger partial charge in [0.2, 0.25) is 5.91 Å². The lowest BCUT2D eigenvalue weighted by Crippen LogP contribution is -2.51. The first-order valence-electron chi connectivity index (χ1n) is 13.2. The predicted octanol–water partition coefficient (Wildman–Crippen LogP) is 6.00. The standard InChI is InChI=1S/C33H26N2O4S/c1-19-18-27-33(23-9-4-5-10-24(23)34-32(33)38)28(31(37)26-12-7-17-40-26)29(35(27)25-11-6-3-8-22(19)25)30(36)20-13-15-21(39-2)16-14-20/h3-18,27-29H,1-2H3,(H,34,38)/t27-,28+,29+,33-/m1/s1. The van der Waals surface area contributed by atoms with E-state index in [-0.39, 0.29) is 17.5 Å². The number of amides is 1. The molecule has 0 saturated carbocycles. The molecule has 3 aromatic carbocycles. The Balaban J connectivity index is 1.54. The lowest BCUT2D eigenvalue weighted by Gasteiger charge is -2.39. The first kappa shape index (κ1) is 24.5. The zero-order valence-electron chi connectivity index (χ0n) is 22.0. The summed E-state index contributed by atoms with van der Waals surface area (Å²) in [6.07, 6.45) is 2.07. The molecule has 0 radical (unpaired) electrons. The Morgan fingerprint density at radius 3 is 2.42 bits per heavy atom. The highest BCUT2D eigenvalue weighted by Gasteiger charge is 2.70. The second-order valence-electron chi connectivity index (χ2n) is 10.4. The van der Waals surface area contributed by atoms with E-state index >= 15 is 0 Å². The van der Waals surface area contributed by atoms with Crippen molar-refractivity contribution < 1.29 is 19.1 Å². The van der Waals surface area contributed by atoms with E-state index in [0.29, 0.717) is 21.9 Å². The quantitative estimate of drug-likeness (QED) is 0.311. The average Bonchev–Trinajstić information content (AvgIpc) is 3.70. The fraction of sp³-hybridized carbons (Fsp3) is 0.182. The smallest absolute Gasteiger partial charge is 0.238 e. The number of allylic oxidation sites excluding steroid dienone is 1. The molecule has 1 amide bonds. The maximum Gasteiger partial charge on any atom is 0.238 e. The SMILES string of the molecule is COc1ccc(C(=O)[C@@H]2[C@@H](C(=O)c3cccs3)[C@]3(C(=O)Nc4ccccc43)[C@H]3C=C(C)c4ccccc4N23)cc1. The van der Waals surface area contributed by atoms with Gasteiger partial charge in [-0.25, -0.2) is 0 Å². The Labute approximate surface area is 235 Å². The average molecular weight is 547 g/mol. The van der Waals surface area contributed by atoms with Crippen molar-refractivity contribution in [2.75, 3.05) is 17.3 Å². The fourth-order valence-corrected chi connectivity index (χ4v) is 7.59. The molecule has 1 aromatic heterocycles. The number of hydrogen-bond donors (Lipinski definition) is 1. The van der Waals surface area contributed by atoms with E-state index < -0.39 is 23.4 Å². The first-order valence-corrected chi connectivity index (χ1v) is 14.1. The molecule has 4 heterocycles. The number of thiophene rings is 1. The van der Waals surface area contributed by atoms with Gasteiger partial charge >= 0.3 is 0 Å². The Bertz CT molecular complexity index is 1710. The number of carbonyl (C=O) groups excluding carboxylic acids is 3. The van der Waals surface area contributed by atoms with Crippen molar-refractivity contribution in [3.8, 4) is 5.75 Å². The summed E-state index contributed by atoms with van der Waals surface area (Å²) in [5.74, 6) is -1.00. The molecule has 0 unspecified atom stereocenters. The molecule has 7 rings (SSSR count). The number of methoxy groups -OCH3 is 1. The highest BCUT2D eigenvalue weighted by molar-refractivity contribution is 7.12. The van der Waals surface area contributed by atoms with Crippen molar-refractivity contribution in [1.29, 1.82) is 0 Å². The van der Waals surface area contributed by atoms with Crippen molar-refractivity contribution in [3.63, 3.8) is 0 Å². The van der Waals surface area contributed by atoms with Gasteiger partial charge in [-0.05, 0) is 65.9 Å². The maximum absolute atomic E-state index is 14.7. The minimum Gasteiger partial charge on any atom is -0.497 e. The van der Waals surface area contributed by atoms with Crippen molar-refractivity contribution >= 4 is 45.8 Å². The Hall–Kier alpha value is -4.49. The van der Waals surface area contributed by atoms with Crippen LogP contribution in [0.1, 0.15) is 38.1 Å². The number of ketones is 2.